The molecule has 20 aromatic rings. The van der Waals surface area contributed by atoms with Gasteiger partial charge in [0.05, 0.1) is 52.6 Å². The molecule has 0 fully saturated rings. The molecule has 10 heteroatoms. The molecule has 0 bridgehead atoms. The van der Waals surface area contributed by atoms with Gasteiger partial charge in [0.1, 0.15) is 23.0 Å². The highest BCUT2D eigenvalue weighted by Gasteiger charge is 2.55. The summed E-state index contributed by atoms with van der Waals surface area (Å²) in [6.45, 7) is -4.69. The molecule has 9 heterocycles. The van der Waals surface area contributed by atoms with E-state index in [1.807, 2.05) is 182 Å². The lowest BCUT2D eigenvalue weighted by molar-refractivity contribution is 0.490. The van der Waals surface area contributed by atoms with Crippen LogP contribution in [0, 0.1) is 0 Å². The van der Waals surface area contributed by atoms with E-state index >= 15 is 0 Å². The monoisotopic (exact) mass is 1460 g/mol. The Morgan fingerprint density at radius 3 is 1.14 bits per heavy atom. The number of hydrogen-bond acceptors (Lipinski definition) is 5. The van der Waals surface area contributed by atoms with Crippen molar-refractivity contribution < 1.29 is 39.6 Å². The maximum absolute atomic E-state index is 10.5. The molecular formula is C102H59B3N4O2S. The number of thiophene rings is 1. The largest absolute Gasteiger partial charge is 0.459 e. The van der Waals surface area contributed by atoms with Crippen molar-refractivity contribution in [2.45, 2.75) is 0 Å². The van der Waals surface area contributed by atoms with Gasteiger partial charge in [-0.25, -0.2) is 0 Å². The van der Waals surface area contributed by atoms with Crippen LogP contribution in [0.25, 0.3) is 131 Å². The van der Waals surface area contributed by atoms with Crippen LogP contribution in [0.4, 0.5) is 34.1 Å². The summed E-state index contributed by atoms with van der Waals surface area (Å²) in [5, 5.41) is 1.35. The van der Waals surface area contributed by atoms with Crippen LogP contribution in [-0.4, -0.2) is 29.3 Å². The second-order valence-corrected chi connectivity index (χ2v) is 30.1. The van der Waals surface area contributed by atoms with Gasteiger partial charge in [0, 0.05) is 109 Å². The molecule has 26 rings (SSSR count). The van der Waals surface area contributed by atoms with E-state index in [-0.39, 0.29) is 122 Å². The number of anilines is 6. The normalized spacial score (nSPS) is 16.2. The van der Waals surface area contributed by atoms with E-state index in [4.69, 9.17) is 9.47 Å². The Bertz CT molecular complexity index is 8410. The third kappa shape index (κ3) is 8.14. The van der Waals surface area contributed by atoms with Crippen molar-refractivity contribution in [3.05, 3.63) is 357 Å². The number of nitrogens with zero attached hydrogens (tertiary/aromatic N) is 4. The molecule has 0 amide bonds. The lowest BCUT2D eigenvalue weighted by atomic mass is 9.28. The molecule has 0 aliphatic carbocycles. The van der Waals surface area contributed by atoms with Crippen LogP contribution in [0.1, 0.15) is 30.2 Å². The van der Waals surface area contributed by atoms with Crippen LogP contribution in [0.2, 0.25) is 0 Å². The molecule has 0 N–H and O–H groups in total. The van der Waals surface area contributed by atoms with E-state index in [2.05, 4.69) is 52.3 Å². The highest BCUT2D eigenvalue weighted by molar-refractivity contribution is 7.25. The first-order chi connectivity index (χ1) is 64.8. The van der Waals surface area contributed by atoms with Crippen molar-refractivity contribution in [1.82, 2.24) is 9.13 Å². The molecule has 0 saturated carbocycles. The number of rotatable bonds is 7. The summed E-state index contributed by atoms with van der Waals surface area (Å²) in [6, 6.07) is 60.2. The van der Waals surface area contributed by atoms with E-state index in [0.29, 0.717) is 56.0 Å². The highest BCUT2D eigenvalue weighted by Crippen LogP contribution is 2.57. The van der Waals surface area contributed by atoms with Gasteiger partial charge in [-0.1, -0.05) is 291 Å². The number of hydrogen-bond donors (Lipinski definition) is 0. The van der Waals surface area contributed by atoms with Crippen molar-refractivity contribution in [2.75, 3.05) is 9.80 Å². The van der Waals surface area contributed by atoms with Gasteiger partial charge < -0.3 is 28.4 Å². The highest BCUT2D eigenvalue weighted by atomic mass is 32.1. The molecule has 17 aromatic carbocycles. The zero-order valence-electron chi connectivity index (χ0n) is 80.6. The maximum Gasteiger partial charge on any atom is 0.261 e. The molecule has 0 spiro atoms. The van der Waals surface area contributed by atoms with Crippen LogP contribution >= 0.6 is 11.3 Å². The van der Waals surface area contributed by atoms with E-state index in [9.17, 15) is 30.2 Å². The van der Waals surface area contributed by atoms with Crippen LogP contribution < -0.4 is 68.4 Å². The Kier molecular flexibility index (Phi) is 8.91. The topological polar surface area (TPSA) is 34.8 Å². The molecular weight excluding hydrogens is 1380 g/mol. The second-order valence-electron chi connectivity index (χ2n) is 29.0. The minimum Gasteiger partial charge on any atom is -0.459 e. The third-order valence-corrected chi connectivity index (χ3v) is 24.8. The van der Waals surface area contributed by atoms with Crippen molar-refractivity contribution in [3.63, 3.8) is 0 Å². The van der Waals surface area contributed by atoms with Gasteiger partial charge in [0.15, 0.2) is 0 Å². The summed E-state index contributed by atoms with van der Waals surface area (Å²) in [5.74, 6) is -1.04. The van der Waals surface area contributed by atoms with Gasteiger partial charge in [-0.3, -0.25) is 0 Å². The van der Waals surface area contributed by atoms with Crippen molar-refractivity contribution >= 4 is 179 Å². The average molecular weight is 1460 g/mol. The molecule has 112 heavy (non-hydrogen) atoms. The van der Waals surface area contributed by atoms with Gasteiger partial charge >= 0.3 is 0 Å². The molecule has 6 aliphatic heterocycles. The Morgan fingerprint density at radius 1 is 0.268 bits per heavy atom. The lowest BCUT2D eigenvalue weighted by Gasteiger charge is -2.48. The number of ether oxygens (including phenoxy) is 2. The molecule has 0 saturated heterocycles. The van der Waals surface area contributed by atoms with Crippen molar-refractivity contribution in [3.8, 4) is 90.0 Å². The number of benzene rings is 17. The summed E-state index contributed by atoms with van der Waals surface area (Å²) >= 11 is 1.65. The predicted octanol–water partition coefficient (Wildman–Crippen LogP) is 20.5. The SMILES string of the molecule is [2H]c1c([2H])c([2H])c2c(c1[2H])Oc1c3c(cc4c1B2c1c([2H])c([2H])c([2H])c2c5c([2H])c([2H])c([2H])c([2H])c5n-4c12)N(c1c(-c2ccccc2)cccc1-c1ccccc1)c1cc(-c2ccc4sc5ccccc5c4c2)cc2c1B3c1c(cc3c4c1Oc1c([2H])c([2H])c([2H])c([2H])c1B4c1c([2H])c([2H])c([2H])c4c5c([2H])c([2H])c([2H])c([2H])c5n-3c14)N2c1c(-c2ccccc2)cccc1-c1ccccc1. The smallest absolute Gasteiger partial charge is 0.261 e. The van der Waals surface area contributed by atoms with Gasteiger partial charge in [0.25, 0.3) is 20.1 Å². The summed E-state index contributed by atoms with van der Waals surface area (Å²) in [4.78, 5) is 4.32. The van der Waals surface area contributed by atoms with Gasteiger partial charge in [0.2, 0.25) is 0 Å². The number of fused-ring (bicyclic) bond motifs is 23. The van der Waals surface area contributed by atoms with Crippen LogP contribution in [0.15, 0.2) is 357 Å². The Balaban J connectivity index is 0.952. The zero-order chi connectivity index (χ0) is 91.9. The van der Waals surface area contributed by atoms with Crippen LogP contribution in [-0.2, 0) is 0 Å². The third-order valence-electron chi connectivity index (χ3n) is 23.6. The molecule has 6 nitrogen and oxygen atoms in total. The first-order valence-corrected chi connectivity index (χ1v) is 37.8. The van der Waals surface area contributed by atoms with E-state index < -0.39 is 165 Å². The van der Waals surface area contributed by atoms with Crippen LogP contribution in [0.3, 0.4) is 0 Å². The first kappa shape index (κ1) is 43.8. The molecule has 3 aromatic heterocycles. The fourth-order valence-corrected chi connectivity index (χ4v) is 20.3. The lowest BCUT2D eigenvalue weighted by Crippen LogP contribution is -2.67. The Labute approximate surface area is 681 Å². The molecule has 514 valence electrons. The fourth-order valence-electron chi connectivity index (χ4n) is 19.3. The summed E-state index contributed by atoms with van der Waals surface area (Å²) < 4.78 is 242. The minimum atomic E-state index is -1.60. The maximum atomic E-state index is 10.5. The molecule has 0 atom stereocenters. The molecule has 6 aliphatic rings. The average Bonchev–Trinajstić information content (AvgIpc) is 1.25. The first-order valence-electron chi connectivity index (χ1n) is 48.0. The zero-order valence-corrected chi connectivity index (χ0v) is 59.4. The van der Waals surface area contributed by atoms with Gasteiger partial charge in [-0.2, -0.15) is 0 Å². The molecule has 0 radical (unpaired) electrons. The number of para-hydroxylation sites is 8. The Morgan fingerprint density at radius 2 is 0.661 bits per heavy atom. The van der Waals surface area contributed by atoms with E-state index in [0.717, 1.165) is 48.0 Å². The minimum absolute atomic E-state index is 0.0115. The van der Waals surface area contributed by atoms with Crippen molar-refractivity contribution in [1.29, 1.82) is 0 Å². The second kappa shape index (κ2) is 22.8. The van der Waals surface area contributed by atoms with Gasteiger partial charge in [-0.05, 0) is 149 Å². The number of aromatic nitrogens is 2. The summed E-state index contributed by atoms with van der Waals surface area (Å²) in [6.07, 6.45) is 0. The van der Waals surface area contributed by atoms with Crippen molar-refractivity contribution in [2.24, 2.45) is 0 Å². The van der Waals surface area contributed by atoms with Crippen LogP contribution in [0.5, 0.6) is 23.0 Å². The summed E-state index contributed by atoms with van der Waals surface area (Å²) in [5.41, 5.74) is 9.84. The summed E-state index contributed by atoms with van der Waals surface area (Å²) in [7, 11) is 0. The molecule has 0 unspecified atom stereocenters. The predicted molar refractivity (Wildman–Crippen MR) is 472 cm³/mol. The Hall–Kier alpha value is -14.0. The fraction of sp³-hybridized carbons (Fsp3) is 0. The standard InChI is InChI=1S/C102H59B3N4O2S/c1-5-27-60(28-6-1)66-38-23-39-67(61-29-7-2-8-30-61)97(66)108-82-56-65(64-53-54-91-75(55-64)72-37-15-22-52-90(72)112-91)57-83-92(82)105(95-86(108)58-84-93-101(95)110-88-50-20-16-44-76(88)103(93)78-46-25-42-73-70-35-13-18-48-80(70)106(84)99(73)78)96-87(109(83)98-68(62-31-9-3-10-32-62)40-24-41-69(98)63-33-11-4-12-34-63)59-85-94-102(96)111-89-51-21-17-45-77(89)104(94)79-47-26-43-74-71-36-14-19-49-81(71)107(85)100(74)79/h1-59H/i13D,14D,16D,17D,18D,19D,20D,21D,25D,26D,35D,36D,42D,43D,44D,45D,46D,47D,48D,49D,50D,51D. The quantitative estimate of drug-likeness (QED) is 0.149. The van der Waals surface area contributed by atoms with Gasteiger partial charge in [-0.15, -0.1) is 11.3 Å². The van der Waals surface area contributed by atoms with E-state index in [1.54, 1.807) is 20.5 Å². The van der Waals surface area contributed by atoms with E-state index in [1.165, 1.54) is 0 Å².